The van der Waals surface area contributed by atoms with Gasteiger partial charge in [0.15, 0.2) is 6.35 Å². The molecule has 116 valence electrons. The fraction of sp³-hybridized carbons (Fsp3) is 0.875. The molecule has 0 aromatic heterocycles. The van der Waals surface area contributed by atoms with Gasteiger partial charge in [0.2, 0.25) is 0 Å². The van der Waals surface area contributed by atoms with Crippen molar-refractivity contribution >= 4 is 0 Å². The highest BCUT2D eigenvalue weighted by Gasteiger charge is 2.35. The molecule has 4 heteroatoms. The van der Waals surface area contributed by atoms with Gasteiger partial charge in [-0.3, -0.25) is 9.80 Å². The minimum atomic E-state index is -0.437. The van der Waals surface area contributed by atoms with Crippen molar-refractivity contribution in [2.45, 2.75) is 58.5 Å². The van der Waals surface area contributed by atoms with E-state index in [1.54, 1.807) is 5.57 Å². The minimum absolute atomic E-state index is 0.378. The van der Waals surface area contributed by atoms with Crippen molar-refractivity contribution in [3.63, 3.8) is 0 Å². The monoisotopic (exact) mass is 281 g/mol. The molecular weight excluding hydrogens is 250 g/mol. The summed E-state index contributed by atoms with van der Waals surface area (Å²) in [6, 6.07) is 0.828. The topological polar surface area (TPSA) is 30.0 Å². The van der Waals surface area contributed by atoms with Crippen LogP contribution in [0.2, 0.25) is 0 Å². The summed E-state index contributed by atoms with van der Waals surface area (Å²) in [5, 5.41) is 10.7. The van der Waals surface area contributed by atoms with Gasteiger partial charge < -0.3 is 10.0 Å². The van der Waals surface area contributed by atoms with E-state index in [4.69, 9.17) is 0 Å². The highest BCUT2D eigenvalue weighted by atomic mass is 16.3. The molecule has 0 aromatic carbocycles. The summed E-state index contributed by atoms with van der Waals surface area (Å²) in [4.78, 5) is 6.83. The lowest BCUT2D eigenvalue weighted by molar-refractivity contribution is -0.124. The summed E-state index contributed by atoms with van der Waals surface area (Å²) >= 11 is 0. The molecule has 1 saturated heterocycles. The van der Waals surface area contributed by atoms with Crippen LogP contribution in [-0.4, -0.2) is 71.5 Å². The molecular formula is C16H31N3O. The maximum atomic E-state index is 10.7. The first kappa shape index (κ1) is 16.0. The lowest BCUT2D eigenvalue weighted by Crippen LogP contribution is -2.53. The molecule has 0 spiro atoms. The van der Waals surface area contributed by atoms with Gasteiger partial charge in [0.1, 0.15) is 0 Å². The number of likely N-dealkylation sites (N-methyl/N-ethyl adjacent to an activating group) is 1. The summed E-state index contributed by atoms with van der Waals surface area (Å²) in [5.41, 5.74) is 1.54. The first-order valence-corrected chi connectivity index (χ1v) is 8.11. The van der Waals surface area contributed by atoms with E-state index in [0.29, 0.717) is 12.1 Å². The van der Waals surface area contributed by atoms with Crippen molar-refractivity contribution in [2.75, 3.05) is 33.2 Å². The van der Waals surface area contributed by atoms with Crippen LogP contribution in [-0.2, 0) is 0 Å². The third-order valence-electron chi connectivity index (χ3n) is 4.79. The number of rotatable bonds is 5. The van der Waals surface area contributed by atoms with Crippen molar-refractivity contribution in [2.24, 2.45) is 0 Å². The standard InChI is InChI=1S/C16H31N3O/c1-5-18(13(2)3)16(20)19-10-6-7-15(19)14-8-11-17(4)12-9-14/h8,13,15-16,20H,5-7,9-12H2,1-4H3/t15-,16?/m0/s1. The molecule has 0 radical (unpaired) electrons. The second kappa shape index (κ2) is 7.03. The number of hydrogen-bond acceptors (Lipinski definition) is 4. The van der Waals surface area contributed by atoms with Crippen LogP contribution in [0.1, 0.15) is 40.0 Å². The van der Waals surface area contributed by atoms with Crippen LogP contribution in [0.4, 0.5) is 0 Å². The van der Waals surface area contributed by atoms with E-state index in [-0.39, 0.29) is 0 Å². The second-order valence-corrected chi connectivity index (χ2v) is 6.46. The Morgan fingerprint density at radius 1 is 1.40 bits per heavy atom. The molecule has 2 rings (SSSR count). The highest BCUT2D eigenvalue weighted by molar-refractivity contribution is 5.16. The van der Waals surface area contributed by atoms with Crippen molar-refractivity contribution in [3.8, 4) is 0 Å². The Balaban J connectivity index is 2.07. The average Bonchev–Trinajstić information content (AvgIpc) is 2.89. The smallest absolute Gasteiger partial charge is 0.166 e. The zero-order chi connectivity index (χ0) is 14.7. The van der Waals surface area contributed by atoms with Crippen LogP contribution >= 0.6 is 0 Å². The van der Waals surface area contributed by atoms with E-state index in [1.165, 1.54) is 12.8 Å². The Kier molecular flexibility index (Phi) is 5.61. The number of likely N-dealkylation sites (tertiary alicyclic amines) is 1. The van der Waals surface area contributed by atoms with Crippen LogP contribution in [0.15, 0.2) is 11.6 Å². The van der Waals surface area contributed by atoms with Gasteiger partial charge in [-0.15, -0.1) is 0 Å². The summed E-state index contributed by atoms with van der Waals surface area (Å²) in [5.74, 6) is 0. The van der Waals surface area contributed by atoms with Gasteiger partial charge >= 0.3 is 0 Å². The Morgan fingerprint density at radius 2 is 2.15 bits per heavy atom. The Hall–Kier alpha value is -0.420. The molecule has 1 unspecified atom stereocenters. The van der Waals surface area contributed by atoms with Gasteiger partial charge in [0.25, 0.3) is 0 Å². The summed E-state index contributed by atoms with van der Waals surface area (Å²) in [6.45, 7) is 10.6. The number of aliphatic hydroxyl groups is 1. The Labute approximate surface area is 124 Å². The van der Waals surface area contributed by atoms with Gasteiger partial charge in [0, 0.05) is 31.7 Å². The van der Waals surface area contributed by atoms with Crippen molar-refractivity contribution in [1.29, 1.82) is 0 Å². The van der Waals surface area contributed by atoms with Crippen LogP contribution in [0, 0.1) is 0 Å². The number of nitrogens with zero attached hydrogens (tertiary/aromatic N) is 3. The van der Waals surface area contributed by atoms with Gasteiger partial charge in [0.05, 0.1) is 0 Å². The molecule has 0 amide bonds. The van der Waals surface area contributed by atoms with E-state index >= 15 is 0 Å². The average molecular weight is 281 g/mol. The summed E-state index contributed by atoms with van der Waals surface area (Å²) in [6.07, 6.45) is 5.49. The largest absolute Gasteiger partial charge is 0.365 e. The zero-order valence-corrected chi connectivity index (χ0v) is 13.5. The molecule has 0 aromatic rings. The predicted octanol–water partition coefficient (Wildman–Crippen LogP) is 1.72. The number of aliphatic hydroxyl groups excluding tert-OH is 1. The lowest BCUT2D eigenvalue weighted by Gasteiger charge is -2.40. The molecule has 4 nitrogen and oxygen atoms in total. The molecule has 2 atom stereocenters. The second-order valence-electron chi connectivity index (χ2n) is 6.46. The summed E-state index contributed by atoms with van der Waals surface area (Å²) in [7, 11) is 2.17. The SMILES string of the molecule is CCN(C(C)C)C(O)N1CCC[C@H]1C1=CCN(C)CC1. The van der Waals surface area contributed by atoms with E-state index in [1.807, 2.05) is 0 Å². The molecule has 0 saturated carbocycles. The maximum Gasteiger partial charge on any atom is 0.166 e. The first-order valence-electron chi connectivity index (χ1n) is 8.11. The highest BCUT2D eigenvalue weighted by Crippen LogP contribution is 2.29. The van der Waals surface area contributed by atoms with Gasteiger partial charge in [-0.05, 0) is 46.7 Å². The first-order chi connectivity index (χ1) is 9.54. The van der Waals surface area contributed by atoms with Crippen molar-refractivity contribution < 1.29 is 5.11 Å². The van der Waals surface area contributed by atoms with Gasteiger partial charge in [-0.25, -0.2) is 0 Å². The molecule has 2 aliphatic heterocycles. The zero-order valence-electron chi connectivity index (χ0n) is 13.5. The molecule has 0 bridgehead atoms. The number of hydrogen-bond donors (Lipinski definition) is 1. The van der Waals surface area contributed by atoms with E-state index in [0.717, 1.165) is 32.6 Å². The Bertz CT molecular complexity index is 343. The fourth-order valence-electron chi connectivity index (χ4n) is 3.54. The minimum Gasteiger partial charge on any atom is -0.365 e. The van der Waals surface area contributed by atoms with E-state index < -0.39 is 6.35 Å². The van der Waals surface area contributed by atoms with Gasteiger partial charge in [-0.2, -0.15) is 0 Å². The van der Waals surface area contributed by atoms with E-state index in [9.17, 15) is 5.11 Å². The maximum absolute atomic E-state index is 10.7. The van der Waals surface area contributed by atoms with Crippen LogP contribution in [0.5, 0.6) is 0 Å². The lowest BCUT2D eigenvalue weighted by atomic mass is 9.98. The molecule has 0 aliphatic carbocycles. The molecule has 1 fully saturated rings. The normalized spacial score (nSPS) is 27.4. The molecule has 20 heavy (non-hydrogen) atoms. The van der Waals surface area contributed by atoms with Gasteiger partial charge in [-0.1, -0.05) is 18.6 Å². The van der Waals surface area contributed by atoms with Crippen LogP contribution in [0.25, 0.3) is 0 Å². The fourth-order valence-corrected chi connectivity index (χ4v) is 3.54. The van der Waals surface area contributed by atoms with Crippen molar-refractivity contribution in [1.82, 2.24) is 14.7 Å². The summed E-state index contributed by atoms with van der Waals surface area (Å²) < 4.78 is 0. The molecule has 2 heterocycles. The van der Waals surface area contributed by atoms with E-state index in [2.05, 4.69) is 48.6 Å². The third-order valence-corrected chi connectivity index (χ3v) is 4.79. The molecule has 2 aliphatic rings. The van der Waals surface area contributed by atoms with Crippen LogP contribution in [0.3, 0.4) is 0 Å². The molecule has 1 N–H and O–H groups in total. The third kappa shape index (κ3) is 3.42. The van der Waals surface area contributed by atoms with Crippen LogP contribution < -0.4 is 0 Å². The Morgan fingerprint density at radius 3 is 2.70 bits per heavy atom. The predicted molar refractivity (Wildman–Crippen MR) is 83.4 cm³/mol. The quantitative estimate of drug-likeness (QED) is 0.614. The van der Waals surface area contributed by atoms with Crippen molar-refractivity contribution in [3.05, 3.63) is 11.6 Å².